The Morgan fingerprint density at radius 2 is 1.90 bits per heavy atom. The van der Waals surface area contributed by atoms with Gasteiger partial charge in [0.25, 0.3) is 0 Å². The van der Waals surface area contributed by atoms with Gasteiger partial charge < -0.3 is 10.1 Å². The summed E-state index contributed by atoms with van der Waals surface area (Å²) >= 11 is 0. The van der Waals surface area contributed by atoms with Crippen molar-refractivity contribution in [2.24, 2.45) is 0 Å². The second-order valence-corrected chi connectivity index (χ2v) is 4.33. The van der Waals surface area contributed by atoms with Crippen LogP contribution in [0.5, 0.6) is 5.75 Å². The minimum absolute atomic E-state index is 0.0418. The first kappa shape index (κ1) is 16.2. The minimum Gasteiger partial charge on any atom is -0.493 e. The molecule has 0 aliphatic carbocycles. The lowest BCUT2D eigenvalue weighted by molar-refractivity contribution is -0.121. The lowest BCUT2D eigenvalue weighted by Crippen LogP contribution is -2.38. The second-order valence-electron chi connectivity index (χ2n) is 4.33. The van der Waals surface area contributed by atoms with E-state index in [9.17, 15) is 9.59 Å². The molecule has 0 saturated carbocycles. The summed E-state index contributed by atoms with van der Waals surface area (Å²) in [5.74, 6) is 0.452. The Hall–Kier alpha value is -1.88. The van der Waals surface area contributed by atoms with Crippen LogP contribution in [0.15, 0.2) is 24.3 Å². The normalized spacial score (nSPS) is 10.4. The molecule has 20 heavy (non-hydrogen) atoms. The number of Topliss-reactive ketones (excluding diaryl/α,β-unsaturated/α-hetero) is 1. The summed E-state index contributed by atoms with van der Waals surface area (Å²) < 4.78 is 5.46. The van der Waals surface area contributed by atoms with Crippen LogP contribution in [0.25, 0.3) is 0 Å². The lowest BCUT2D eigenvalue weighted by atomic mass is 10.1. The summed E-state index contributed by atoms with van der Waals surface area (Å²) in [7, 11) is 1.59. The fourth-order valence-electron chi connectivity index (χ4n) is 1.83. The van der Waals surface area contributed by atoms with Gasteiger partial charge in [0, 0.05) is 7.05 Å². The van der Waals surface area contributed by atoms with Gasteiger partial charge in [-0.3, -0.25) is 14.5 Å². The van der Waals surface area contributed by atoms with E-state index in [1.165, 1.54) is 0 Å². The Labute approximate surface area is 119 Å². The molecule has 0 spiro atoms. The summed E-state index contributed by atoms with van der Waals surface area (Å²) in [6.07, 6.45) is 0. The molecule has 110 valence electrons. The molecule has 0 saturated heterocycles. The molecule has 1 rings (SSSR count). The highest BCUT2D eigenvalue weighted by atomic mass is 16.5. The number of carbonyl (C=O) groups is 2. The molecule has 0 unspecified atom stereocenters. The molecule has 0 radical (unpaired) electrons. The number of hydrogen-bond donors (Lipinski definition) is 1. The number of ketones is 1. The van der Waals surface area contributed by atoms with Crippen LogP contribution >= 0.6 is 0 Å². The third-order valence-corrected chi connectivity index (χ3v) is 2.95. The van der Waals surface area contributed by atoms with Gasteiger partial charge in [0.1, 0.15) is 5.75 Å². The van der Waals surface area contributed by atoms with Crippen LogP contribution in [0.2, 0.25) is 0 Å². The fraction of sp³-hybridized carbons (Fsp3) is 0.467. The number of likely N-dealkylation sites (N-methyl/N-ethyl adjacent to an activating group) is 2. The molecule has 0 heterocycles. The van der Waals surface area contributed by atoms with E-state index in [4.69, 9.17) is 4.74 Å². The Morgan fingerprint density at radius 3 is 2.50 bits per heavy atom. The van der Waals surface area contributed by atoms with Crippen LogP contribution in [0.4, 0.5) is 0 Å². The van der Waals surface area contributed by atoms with Gasteiger partial charge in [-0.2, -0.15) is 0 Å². The SMILES string of the molecule is CCOc1ccccc1C(=O)CN(CC)CC(=O)NC. The molecule has 5 nitrogen and oxygen atoms in total. The van der Waals surface area contributed by atoms with Crippen LogP contribution in [0.1, 0.15) is 24.2 Å². The molecule has 0 aliphatic rings. The van der Waals surface area contributed by atoms with Crippen LogP contribution in [-0.2, 0) is 4.79 Å². The van der Waals surface area contributed by atoms with Gasteiger partial charge in [-0.15, -0.1) is 0 Å². The molecule has 0 aromatic heterocycles. The Kier molecular flexibility index (Phi) is 6.73. The highest BCUT2D eigenvalue weighted by molar-refractivity contribution is 6.00. The number of hydrogen-bond acceptors (Lipinski definition) is 4. The first-order chi connectivity index (χ1) is 9.62. The maximum atomic E-state index is 12.3. The van der Waals surface area contributed by atoms with Gasteiger partial charge in [0.15, 0.2) is 5.78 Å². The maximum Gasteiger partial charge on any atom is 0.233 e. The monoisotopic (exact) mass is 278 g/mol. The zero-order valence-corrected chi connectivity index (χ0v) is 12.3. The predicted molar refractivity (Wildman–Crippen MR) is 78.1 cm³/mol. The first-order valence-electron chi connectivity index (χ1n) is 6.80. The van der Waals surface area contributed by atoms with Gasteiger partial charge in [0.05, 0.1) is 25.3 Å². The highest BCUT2D eigenvalue weighted by Crippen LogP contribution is 2.18. The zero-order valence-electron chi connectivity index (χ0n) is 12.3. The van der Waals surface area contributed by atoms with Gasteiger partial charge >= 0.3 is 0 Å². The van der Waals surface area contributed by atoms with Crippen molar-refractivity contribution < 1.29 is 14.3 Å². The van der Waals surface area contributed by atoms with E-state index in [1.54, 1.807) is 24.1 Å². The summed E-state index contributed by atoms with van der Waals surface area (Å²) in [6, 6.07) is 7.18. The highest BCUT2D eigenvalue weighted by Gasteiger charge is 2.16. The number of para-hydroxylation sites is 1. The van der Waals surface area contributed by atoms with E-state index < -0.39 is 0 Å². The zero-order chi connectivity index (χ0) is 15.0. The van der Waals surface area contributed by atoms with Crippen molar-refractivity contribution in [3.05, 3.63) is 29.8 Å². The number of rotatable bonds is 8. The van der Waals surface area contributed by atoms with Crippen molar-refractivity contribution in [3.63, 3.8) is 0 Å². The minimum atomic E-state index is -0.0993. The van der Waals surface area contributed by atoms with Crippen molar-refractivity contribution in [2.45, 2.75) is 13.8 Å². The largest absolute Gasteiger partial charge is 0.493 e. The molecule has 1 N–H and O–H groups in total. The number of carbonyl (C=O) groups excluding carboxylic acids is 2. The van der Waals surface area contributed by atoms with Crippen LogP contribution < -0.4 is 10.1 Å². The summed E-state index contributed by atoms with van der Waals surface area (Å²) in [6.45, 7) is 5.37. The van der Waals surface area contributed by atoms with Crippen LogP contribution in [0.3, 0.4) is 0 Å². The number of amides is 1. The quantitative estimate of drug-likeness (QED) is 0.729. The molecule has 0 atom stereocenters. The molecule has 0 aliphatic heterocycles. The molecule has 5 heteroatoms. The number of ether oxygens (including phenoxy) is 1. The van der Waals surface area contributed by atoms with Crippen molar-refractivity contribution >= 4 is 11.7 Å². The number of nitrogens with zero attached hydrogens (tertiary/aromatic N) is 1. The van der Waals surface area contributed by atoms with E-state index in [-0.39, 0.29) is 24.8 Å². The van der Waals surface area contributed by atoms with E-state index in [0.717, 1.165) is 0 Å². The van der Waals surface area contributed by atoms with Gasteiger partial charge in [0.2, 0.25) is 5.91 Å². The van der Waals surface area contributed by atoms with E-state index in [0.29, 0.717) is 24.5 Å². The maximum absolute atomic E-state index is 12.3. The van der Waals surface area contributed by atoms with Gasteiger partial charge in [-0.25, -0.2) is 0 Å². The molecule has 1 aromatic carbocycles. The summed E-state index contributed by atoms with van der Waals surface area (Å²) in [5.41, 5.74) is 0.560. The summed E-state index contributed by atoms with van der Waals surface area (Å²) in [4.78, 5) is 25.5. The predicted octanol–water partition coefficient (Wildman–Crippen LogP) is 1.34. The summed E-state index contributed by atoms with van der Waals surface area (Å²) in [5, 5.41) is 2.56. The molecular formula is C15H22N2O3. The number of nitrogens with one attached hydrogen (secondary N) is 1. The van der Waals surface area contributed by atoms with Crippen LogP contribution in [0, 0.1) is 0 Å². The molecule has 0 bridgehead atoms. The Morgan fingerprint density at radius 1 is 1.20 bits per heavy atom. The second kappa shape index (κ2) is 8.32. The Bertz CT molecular complexity index is 460. The van der Waals surface area contributed by atoms with E-state index in [1.807, 2.05) is 26.0 Å². The van der Waals surface area contributed by atoms with E-state index >= 15 is 0 Å². The van der Waals surface area contributed by atoms with Crippen LogP contribution in [-0.4, -0.2) is 49.9 Å². The van der Waals surface area contributed by atoms with Crippen molar-refractivity contribution in [3.8, 4) is 5.75 Å². The fourth-order valence-corrected chi connectivity index (χ4v) is 1.83. The molecular weight excluding hydrogens is 256 g/mol. The molecule has 1 aromatic rings. The average molecular weight is 278 g/mol. The van der Waals surface area contributed by atoms with Gasteiger partial charge in [-0.1, -0.05) is 19.1 Å². The average Bonchev–Trinajstić information content (AvgIpc) is 2.47. The number of benzene rings is 1. The molecule has 1 amide bonds. The first-order valence-corrected chi connectivity index (χ1v) is 6.80. The Balaban J connectivity index is 2.76. The van der Waals surface area contributed by atoms with Crippen molar-refractivity contribution in [2.75, 3.05) is 33.3 Å². The smallest absolute Gasteiger partial charge is 0.233 e. The third-order valence-electron chi connectivity index (χ3n) is 2.95. The van der Waals surface area contributed by atoms with E-state index in [2.05, 4.69) is 5.32 Å². The standard InChI is InChI=1S/C15H22N2O3/c1-4-17(11-15(19)16-3)10-13(18)12-8-6-7-9-14(12)20-5-2/h6-9H,4-5,10-11H2,1-3H3,(H,16,19). The van der Waals surface area contributed by atoms with Gasteiger partial charge in [-0.05, 0) is 25.6 Å². The third kappa shape index (κ3) is 4.66. The topological polar surface area (TPSA) is 58.6 Å². The molecule has 0 fully saturated rings. The van der Waals surface area contributed by atoms with Crippen molar-refractivity contribution in [1.82, 2.24) is 10.2 Å². The lowest BCUT2D eigenvalue weighted by Gasteiger charge is -2.19. The van der Waals surface area contributed by atoms with Crippen molar-refractivity contribution in [1.29, 1.82) is 0 Å².